The summed E-state index contributed by atoms with van der Waals surface area (Å²) in [5.41, 5.74) is 2.52. The topological polar surface area (TPSA) is 75.2 Å². The number of carbonyl (C=O) groups excluding carboxylic acids is 2. The van der Waals surface area contributed by atoms with Crippen molar-refractivity contribution < 1.29 is 22.8 Å². The fourth-order valence-corrected chi connectivity index (χ4v) is 3.90. The summed E-state index contributed by atoms with van der Waals surface area (Å²) < 4.78 is 39.8. The Bertz CT molecular complexity index is 1230. The van der Waals surface area contributed by atoms with Crippen molar-refractivity contribution >= 4 is 22.8 Å². The number of likely N-dealkylation sites (tertiary alicyclic amines) is 1. The van der Waals surface area contributed by atoms with Crippen LogP contribution in [0.3, 0.4) is 0 Å². The van der Waals surface area contributed by atoms with E-state index < -0.39 is 23.7 Å². The van der Waals surface area contributed by atoms with Gasteiger partial charge in [0.1, 0.15) is 0 Å². The predicted molar refractivity (Wildman–Crippen MR) is 116 cm³/mol. The van der Waals surface area contributed by atoms with Gasteiger partial charge < -0.3 is 10.2 Å². The average molecular weight is 456 g/mol. The number of nitrogens with zero attached hydrogens (tertiary/aromatic N) is 3. The van der Waals surface area contributed by atoms with Crippen molar-refractivity contribution in [3.63, 3.8) is 0 Å². The van der Waals surface area contributed by atoms with Crippen molar-refractivity contribution in [3.05, 3.63) is 70.5 Å². The number of halogens is 3. The molecule has 1 atom stereocenters. The number of rotatable bonds is 5. The molecule has 2 heterocycles. The molecule has 1 N–H and O–H groups in total. The lowest BCUT2D eigenvalue weighted by molar-refractivity contribution is -0.137. The fraction of sp³-hybridized carbons (Fsp3) is 0.333. The third-order valence-corrected chi connectivity index (χ3v) is 5.83. The molecule has 0 radical (unpaired) electrons. The molecule has 1 aliphatic rings. The summed E-state index contributed by atoms with van der Waals surface area (Å²) in [6.45, 7) is 4.28. The summed E-state index contributed by atoms with van der Waals surface area (Å²) in [6, 6.07) is 8.92. The lowest BCUT2D eigenvalue weighted by atomic mass is 10.0. The van der Waals surface area contributed by atoms with Crippen molar-refractivity contribution in [2.24, 2.45) is 0 Å². The van der Waals surface area contributed by atoms with Crippen LogP contribution in [0.25, 0.3) is 11.0 Å². The van der Waals surface area contributed by atoms with Crippen molar-refractivity contribution in [2.75, 3.05) is 13.1 Å². The predicted octanol–water partition coefficient (Wildman–Crippen LogP) is 4.36. The number of alkyl halides is 3. The number of hydrogen-bond acceptors (Lipinski definition) is 4. The van der Waals surface area contributed by atoms with Crippen LogP contribution < -0.4 is 5.32 Å². The molecule has 3 aromatic rings. The maximum absolute atomic E-state index is 13.3. The molecule has 9 heteroatoms. The van der Waals surface area contributed by atoms with Crippen molar-refractivity contribution in [2.45, 2.75) is 38.9 Å². The molecular formula is C24H23F3N4O2. The van der Waals surface area contributed by atoms with E-state index in [0.29, 0.717) is 36.0 Å². The van der Waals surface area contributed by atoms with Crippen LogP contribution in [0.15, 0.2) is 42.5 Å². The Labute approximate surface area is 188 Å². The summed E-state index contributed by atoms with van der Waals surface area (Å²) in [6.07, 6.45) is -3.43. The van der Waals surface area contributed by atoms with E-state index in [9.17, 15) is 22.8 Å². The first-order valence-corrected chi connectivity index (χ1v) is 10.6. The third kappa shape index (κ3) is 4.97. The highest BCUT2D eigenvalue weighted by Crippen LogP contribution is 2.31. The molecule has 1 aromatic heterocycles. The highest BCUT2D eigenvalue weighted by molar-refractivity contribution is 5.97. The van der Waals surface area contributed by atoms with Gasteiger partial charge in [0.15, 0.2) is 0 Å². The molecule has 172 valence electrons. The van der Waals surface area contributed by atoms with Gasteiger partial charge in [0.2, 0.25) is 5.91 Å². The first kappa shape index (κ1) is 22.7. The molecule has 2 aromatic carbocycles. The van der Waals surface area contributed by atoms with Gasteiger partial charge in [-0.05, 0) is 56.2 Å². The van der Waals surface area contributed by atoms with Gasteiger partial charge in [0.05, 0.1) is 34.0 Å². The van der Waals surface area contributed by atoms with Crippen molar-refractivity contribution in [3.8, 4) is 0 Å². The number of carbonyl (C=O) groups is 2. The number of fused-ring (bicyclic) bond motifs is 1. The zero-order valence-corrected chi connectivity index (χ0v) is 18.2. The molecule has 0 saturated carbocycles. The Morgan fingerprint density at radius 3 is 2.48 bits per heavy atom. The minimum absolute atomic E-state index is 0.0759. The van der Waals surface area contributed by atoms with Gasteiger partial charge in [-0.25, -0.2) is 9.97 Å². The summed E-state index contributed by atoms with van der Waals surface area (Å²) in [7, 11) is 0. The molecule has 4 rings (SSSR count). The molecule has 0 bridgehead atoms. The van der Waals surface area contributed by atoms with Gasteiger partial charge in [-0.2, -0.15) is 13.2 Å². The van der Waals surface area contributed by atoms with Gasteiger partial charge in [0.25, 0.3) is 5.91 Å². The molecule has 0 spiro atoms. The Balaban J connectivity index is 1.64. The molecule has 1 unspecified atom stereocenters. The van der Waals surface area contributed by atoms with E-state index in [4.69, 9.17) is 0 Å². The second-order valence-corrected chi connectivity index (χ2v) is 8.19. The van der Waals surface area contributed by atoms with E-state index >= 15 is 0 Å². The highest BCUT2D eigenvalue weighted by atomic mass is 19.4. The Morgan fingerprint density at radius 1 is 1.09 bits per heavy atom. The first-order chi connectivity index (χ1) is 15.6. The van der Waals surface area contributed by atoms with E-state index in [-0.39, 0.29) is 18.0 Å². The smallest absolute Gasteiger partial charge is 0.343 e. The zero-order chi connectivity index (χ0) is 23.8. The van der Waals surface area contributed by atoms with Gasteiger partial charge in [-0.15, -0.1) is 0 Å². The number of aromatic nitrogens is 2. The fourth-order valence-electron chi connectivity index (χ4n) is 3.90. The van der Waals surface area contributed by atoms with E-state index in [1.807, 2.05) is 13.8 Å². The van der Waals surface area contributed by atoms with Gasteiger partial charge in [0, 0.05) is 25.1 Å². The number of nitrogens with one attached hydrogen (secondary N) is 1. The van der Waals surface area contributed by atoms with Crippen molar-refractivity contribution in [1.29, 1.82) is 0 Å². The van der Waals surface area contributed by atoms with Crippen LogP contribution in [0, 0.1) is 13.8 Å². The minimum atomic E-state index is -4.51. The molecule has 6 nitrogen and oxygen atoms in total. The average Bonchev–Trinajstić information content (AvgIpc) is 3.17. The van der Waals surface area contributed by atoms with E-state index in [0.717, 1.165) is 23.5 Å². The van der Waals surface area contributed by atoms with Gasteiger partial charge in [-0.3, -0.25) is 9.59 Å². The number of benzene rings is 2. The van der Waals surface area contributed by atoms with Crippen molar-refractivity contribution in [1.82, 2.24) is 20.2 Å². The standard InChI is InChI=1S/C24H23F3N4O2/c1-14-15(2)29-20-12-17(8-9-19(20)28-14)23(33)30-21(13-31-10-4-7-22(31)32)16-5-3-6-18(11-16)24(25,26)27/h3,5-6,8-9,11-12,21H,4,7,10,13H2,1-2H3,(H,30,33). The maximum Gasteiger partial charge on any atom is 0.416 e. The summed E-state index contributed by atoms with van der Waals surface area (Å²) >= 11 is 0. The summed E-state index contributed by atoms with van der Waals surface area (Å²) in [5, 5.41) is 2.82. The van der Waals surface area contributed by atoms with Crippen LogP contribution in [0.5, 0.6) is 0 Å². The second-order valence-electron chi connectivity index (χ2n) is 8.19. The minimum Gasteiger partial charge on any atom is -0.343 e. The number of amides is 2. The Kier molecular flexibility index (Phi) is 6.05. The van der Waals surface area contributed by atoms with Crippen LogP contribution >= 0.6 is 0 Å². The lowest BCUT2D eigenvalue weighted by Gasteiger charge is -2.26. The zero-order valence-electron chi connectivity index (χ0n) is 18.2. The first-order valence-electron chi connectivity index (χ1n) is 10.6. The SMILES string of the molecule is Cc1nc2ccc(C(=O)NC(CN3CCCC3=O)c3cccc(C(F)(F)F)c3)cc2nc1C. The van der Waals surface area contributed by atoms with Crippen LogP contribution in [-0.4, -0.2) is 39.8 Å². The second kappa shape index (κ2) is 8.80. The molecule has 0 aliphatic carbocycles. The van der Waals surface area contributed by atoms with Crippen LogP contribution in [0.2, 0.25) is 0 Å². The van der Waals surface area contributed by atoms with Gasteiger partial charge >= 0.3 is 6.18 Å². The monoisotopic (exact) mass is 456 g/mol. The summed E-state index contributed by atoms with van der Waals surface area (Å²) in [5.74, 6) is -0.543. The Morgan fingerprint density at radius 2 is 1.82 bits per heavy atom. The van der Waals surface area contributed by atoms with E-state index in [1.165, 1.54) is 12.1 Å². The summed E-state index contributed by atoms with van der Waals surface area (Å²) in [4.78, 5) is 35.7. The lowest BCUT2D eigenvalue weighted by Crippen LogP contribution is -2.38. The molecule has 33 heavy (non-hydrogen) atoms. The third-order valence-electron chi connectivity index (χ3n) is 5.83. The van der Waals surface area contributed by atoms with Gasteiger partial charge in [-0.1, -0.05) is 12.1 Å². The van der Waals surface area contributed by atoms with Crippen LogP contribution in [0.4, 0.5) is 13.2 Å². The molecule has 1 fully saturated rings. The van der Waals surface area contributed by atoms with E-state index in [1.54, 1.807) is 23.1 Å². The van der Waals surface area contributed by atoms with Crippen LogP contribution in [-0.2, 0) is 11.0 Å². The molecule has 2 amide bonds. The Hall–Kier alpha value is -3.49. The maximum atomic E-state index is 13.3. The number of hydrogen-bond donors (Lipinski definition) is 1. The molecule has 1 saturated heterocycles. The normalized spacial score (nSPS) is 15.2. The largest absolute Gasteiger partial charge is 0.416 e. The molecule has 1 aliphatic heterocycles. The highest BCUT2D eigenvalue weighted by Gasteiger charge is 2.32. The van der Waals surface area contributed by atoms with E-state index in [2.05, 4.69) is 15.3 Å². The molecular weight excluding hydrogens is 433 g/mol. The number of aryl methyl sites for hydroxylation is 2. The van der Waals surface area contributed by atoms with Crippen LogP contribution in [0.1, 0.15) is 51.8 Å². The quantitative estimate of drug-likeness (QED) is 0.619.